The number of primary amides is 1. The Kier molecular flexibility index (Phi) is 8.12. The molecule has 3 N–H and O–H groups in total. The minimum Gasteiger partial charge on any atom is -0.492 e. The molecule has 7 heteroatoms. The van der Waals surface area contributed by atoms with E-state index in [9.17, 15) is 9.59 Å². The third kappa shape index (κ3) is 7.56. The van der Waals surface area contributed by atoms with Crippen LogP contribution in [-0.4, -0.2) is 29.9 Å². The number of anilines is 1. The van der Waals surface area contributed by atoms with Crippen LogP contribution in [0.2, 0.25) is 5.02 Å². The predicted molar refractivity (Wildman–Crippen MR) is 91.6 cm³/mol. The lowest BCUT2D eigenvalue weighted by molar-refractivity contribution is -0.116. The van der Waals surface area contributed by atoms with Gasteiger partial charge >= 0.3 is 0 Å². The molecule has 0 aromatic heterocycles. The van der Waals surface area contributed by atoms with Crippen molar-refractivity contribution < 1.29 is 14.3 Å². The second kappa shape index (κ2) is 9.58. The summed E-state index contributed by atoms with van der Waals surface area (Å²) in [7, 11) is 0. The SMILES string of the molecule is CC(C)COc1ccc(NC(=O)CCSCC(N)=O)cc1Cl. The molecule has 0 aliphatic carbocycles. The van der Waals surface area contributed by atoms with Gasteiger partial charge in [0.2, 0.25) is 11.8 Å². The number of ether oxygens (including phenoxy) is 1. The van der Waals surface area contributed by atoms with Gasteiger partial charge in [-0.2, -0.15) is 11.8 Å². The first-order valence-corrected chi connectivity index (χ1v) is 8.50. The van der Waals surface area contributed by atoms with Gasteiger partial charge in [0, 0.05) is 17.9 Å². The maximum atomic E-state index is 11.8. The zero-order valence-electron chi connectivity index (χ0n) is 12.7. The van der Waals surface area contributed by atoms with Crippen LogP contribution in [0.5, 0.6) is 5.75 Å². The van der Waals surface area contributed by atoms with Gasteiger partial charge in [0.1, 0.15) is 5.75 Å². The molecule has 1 rings (SSSR count). The van der Waals surface area contributed by atoms with E-state index in [1.807, 2.05) is 0 Å². The van der Waals surface area contributed by atoms with Crippen molar-refractivity contribution in [2.45, 2.75) is 20.3 Å². The van der Waals surface area contributed by atoms with Crippen molar-refractivity contribution in [3.05, 3.63) is 23.2 Å². The Bertz CT molecular complexity index is 524. The summed E-state index contributed by atoms with van der Waals surface area (Å²) < 4.78 is 5.57. The molecule has 0 radical (unpaired) electrons. The van der Waals surface area contributed by atoms with Crippen LogP contribution in [0, 0.1) is 5.92 Å². The van der Waals surface area contributed by atoms with Crippen LogP contribution in [0.1, 0.15) is 20.3 Å². The van der Waals surface area contributed by atoms with Gasteiger partial charge in [-0.15, -0.1) is 0 Å². The number of hydrogen-bond acceptors (Lipinski definition) is 4. The number of benzene rings is 1. The Morgan fingerprint density at radius 3 is 2.73 bits per heavy atom. The van der Waals surface area contributed by atoms with Crippen molar-refractivity contribution in [3.8, 4) is 5.75 Å². The average molecular weight is 345 g/mol. The van der Waals surface area contributed by atoms with Crippen LogP contribution in [0.4, 0.5) is 5.69 Å². The summed E-state index contributed by atoms with van der Waals surface area (Å²) >= 11 is 7.46. The van der Waals surface area contributed by atoms with Gasteiger partial charge in [-0.25, -0.2) is 0 Å². The fourth-order valence-electron chi connectivity index (χ4n) is 1.51. The van der Waals surface area contributed by atoms with Crippen molar-refractivity contribution >= 4 is 40.9 Å². The maximum Gasteiger partial charge on any atom is 0.227 e. The average Bonchev–Trinajstić information content (AvgIpc) is 2.42. The van der Waals surface area contributed by atoms with E-state index in [0.717, 1.165) is 0 Å². The Morgan fingerprint density at radius 1 is 1.41 bits per heavy atom. The first-order chi connectivity index (χ1) is 10.4. The highest BCUT2D eigenvalue weighted by molar-refractivity contribution is 7.99. The fraction of sp³-hybridized carbons (Fsp3) is 0.467. The Balaban J connectivity index is 2.44. The number of thioether (sulfide) groups is 1. The molecule has 0 atom stereocenters. The maximum absolute atomic E-state index is 11.8. The third-order valence-corrected chi connectivity index (χ3v) is 3.78. The van der Waals surface area contributed by atoms with Crippen molar-refractivity contribution in [3.63, 3.8) is 0 Å². The van der Waals surface area contributed by atoms with E-state index in [0.29, 0.717) is 41.2 Å². The molecule has 0 saturated heterocycles. The summed E-state index contributed by atoms with van der Waals surface area (Å²) in [5.74, 6) is 1.26. The molecule has 0 aliphatic rings. The summed E-state index contributed by atoms with van der Waals surface area (Å²) in [6.07, 6.45) is 0.307. The lowest BCUT2D eigenvalue weighted by atomic mass is 10.2. The van der Waals surface area contributed by atoms with Crippen molar-refractivity contribution in [1.29, 1.82) is 0 Å². The van der Waals surface area contributed by atoms with Crippen molar-refractivity contribution in [2.24, 2.45) is 11.7 Å². The first kappa shape index (κ1) is 18.6. The van der Waals surface area contributed by atoms with E-state index in [4.69, 9.17) is 22.1 Å². The molecule has 22 heavy (non-hydrogen) atoms. The molecule has 122 valence electrons. The summed E-state index contributed by atoms with van der Waals surface area (Å²) in [6.45, 7) is 4.69. The monoisotopic (exact) mass is 344 g/mol. The van der Waals surface area contributed by atoms with Crippen molar-refractivity contribution in [1.82, 2.24) is 0 Å². The summed E-state index contributed by atoms with van der Waals surface area (Å²) in [6, 6.07) is 5.14. The zero-order chi connectivity index (χ0) is 16.5. The second-order valence-corrected chi connectivity index (χ2v) is 6.68. The van der Waals surface area contributed by atoms with Crippen LogP contribution in [0.15, 0.2) is 18.2 Å². The molecular formula is C15H21ClN2O3S. The van der Waals surface area contributed by atoms with E-state index in [-0.39, 0.29) is 17.6 Å². The third-order valence-electron chi connectivity index (χ3n) is 2.51. The van der Waals surface area contributed by atoms with E-state index in [2.05, 4.69) is 19.2 Å². The van der Waals surface area contributed by atoms with Crippen LogP contribution in [-0.2, 0) is 9.59 Å². The number of amides is 2. The predicted octanol–water partition coefficient (Wildman–Crippen LogP) is 2.92. The highest BCUT2D eigenvalue weighted by Crippen LogP contribution is 2.28. The molecule has 0 spiro atoms. The highest BCUT2D eigenvalue weighted by Gasteiger charge is 2.07. The van der Waals surface area contributed by atoms with E-state index < -0.39 is 0 Å². The zero-order valence-corrected chi connectivity index (χ0v) is 14.3. The van der Waals surface area contributed by atoms with E-state index in [1.54, 1.807) is 18.2 Å². The molecule has 0 saturated carbocycles. The molecule has 5 nitrogen and oxygen atoms in total. The molecule has 2 amide bonds. The van der Waals surface area contributed by atoms with E-state index in [1.165, 1.54) is 11.8 Å². The summed E-state index contributed by atoms with van der Waals surface area (Å²) in [5, 5.41) is 3.21. The minimum atomic E-state index is -0.380. The molecular weight excluding hydrogens is 324 g/mol. The molecule has 1 aromatic carbocycles. The summed E-state index contributed by atoms with van der Waals surface area (Å²) in [4.78, 5) is 22.3. The lowest BCUT2D eigenvalue weighted by Crippen LogP contribution is -2.15. The summed E-state index contributed by atoms with van der Waals surface area (Å²) in [5.41, 5.74) is 5.64. The molecule has 0 bridgehead atoms. The normalized spacial score (nSPS) is 10.5. The number of carbonyl (C=O) groups is 2. The smallest absolute Gasteiger partial charge is 0.227 e. The Hall–Kier alpha value is -1.40. The Morgan fingerprint density at radius 2 is 2.14 bits per heavy atom. The van der Waals surface area contributed by atoms with E-state index >= 15 is 0 Å². The van der Waals surface area contributed by atoms with Gasteiger partial charge in [0.15, 0.2) is 0 Å². The molecule has 0 unspecified atom stereocenters. The van der Waals surface area contributed by atoms with Gasteiger partial charge in [0.05, 0.1) is 17.4 Å². The van der Waals surface area contributed by atoms with Crippen LogP contribution in [0.3, 0.4) is 0 Å². The van der Waals surface area contributed by atoms with Gasteiger partial charge in [0.25, 0.3) is 0 Å². The molecule has 1 aromatic rings. The Labute approximate surface area is 139 Å². The second-order valence-electron chi connectivity index (χ2n) is 5.17. The number of rotatable bonds is 9. The van der Waals surface area contributed by atoms with Gasteiger partial charge < -0.3 is 15.8 Å². The number of halogens is 1. The lowest BCUT2D eigenvalue weighted by Gasteiger charge is -2.12. The number of hydrogen-bond donors (Lipinski definition) is 2. The van der Waals surface area contributed by atoms with Crippen LogP contribution in [0.25, 0.3) is 0 Å². The molecule has 0 heterocycles. The minimum absolute atomic E-state index is 0.135. The fourth-order valence-corrected chi connectivity index (χ4v) is 2.42. The van der Waals surface area contributed by atoms with Gasteiger partial charge in [-0.1, -0.05) is 25.4 Å². The highest BCUT2D eigenvalue weighted by atomic mass is 35.5. The first-order valence-electron chi connectivity index (χ1n) is 6.96. The van der Waals surface area contributed by atoms with Gasteiger partial charge in [-0.3, -0.25) is 9.59 Å². The number of carbonyl (C=O) groups excluding carboxylic acids is 2. The number of nitrogens with two attached hydrogens (primary N) is 1. The van der Waals surface area contributed by atoms with Crippen LogP contribution < -0.4 is 15.8 Å². The number of nitrogens with one attached hydrogen (secondary N) is 1. The molecule has 0 fully saturated rings. The standard InChI is InChI=1S/C15H21ClN2O3S/c1-10(2)8-21-13-4-3-11(7-12(13)16)18-15(20)5-6-22-9-14(17)19/h3-4,7,10H,5-6,8-9H2,1-2H3,(H2,17,19)(H,18,20). The largest absolute Gasteiger partial charge is 0.492 e. The topological polar surface area (TPSA) is 81.4 Å². The van der Waals surface area contributed by atoms with Crippen LogP contribution >= 0.6 is 23.4 Å². The quantitative estimate of drug-likeness (QED) is 0.675. The van der Waals surface area contributed by atoms with Crippen molar-refractivity contribution in [2.75, 3.05) is 23.4 Å². The molecule has 0 aliphatic heterocycles. The van der Waals surface area contributed by atoms with Gasteiger partial charge in [-0.05, 0) is 24.1 Å².